The molecule has 1 aromatic carbocycles. The lowest BCUT2D eigenvalue weighted by Gasteiger charge is -2.44. The van der Waals surface area contributed by atoms with Gasteiger partial charge < -0.3 is 4.90 Å². The second kappa shape index (κ2) is 6.97. The molecule has 2 atom stereocenters. The zero-order valence-electron chi connectivity index (χ0n) is 19.1. The van der Waals surface area contributed by atoms with Gasteiger partial charge in [-0.15, -0.1) is 0 Å². The Morgan fingerprint density at radius 1 is 1.17 bits per heavy atom. The number of aliphatic imine (C=N–C) groups is 2. The first kappa shape index (κ1) is 20.1. The number of benzene rings is 1. The summed E-state index contributed by atoms with van der Waals surface area (Å²) in [6.07, 6.45) is 6.49. The molecule has 3 aliphatic heterocycles. The minimum absolute atomic E-state index is 0.0948. The van der Waals surface area contributed by atoms with Gasteiger partial charge in [0.05, 0.1) is 17.6 Å². The number of dihydropyridines is 1. The molecule has 154 valence electrons. The van der Waals surface area contributed by atoms with Crippen molar-refractivity contribution in [3.05, 3.63) is 52.9 Å². The summed E-state index contributed by atoms with van der Waals surface area (Å²) in [5.41, 5.74) is 7.97. The van der Waals surface area contributed by atoms with Gasteiger partial charge in [0.25, 0.3) is 0 Å². The topological polar surface area (TPSA) is 28.0 Å². The molecule has 3 heteroatoms. The monoisotopic (exact) mass is 389 g/mol. The molecule has 29 heavy (non-hydrogen) atoms. The highest BCUT2D eigenvalue weighted by molar-refractivity contribution is 5.99. The Kier molecular flexibility index (Phi) is 4.83. The van der Waals surface area contributed by atoms with E-state index in [2.05, 4.69) is 89.9 Å². The van der Waals surface area contributed by atoms with Crippen molar-refractivity contribution in [3.8, 4) is 0 Å². The summed E-state index contributed by atoms with van der Waals surface area (Å²) in [5, 5.41) is 0. The first-order valence-electron chi connectivity index (χ1n) is 11.0. The first-order valence-corrected chi connectivity index (χ1v) is 11.0. The van der Waals surface area contributed by atoms with Crippen molar-refractivity contribution >= 4 is 17.6 Å². The van der Waals surface area contributed by atoms with E-state index in [0.29, 0.717) is 5.92 Å². The number of anilines is 1. The maximum atomic E-state index is 4.92. The summed E-state index contributed by atoms with van der Waals surface area (Å²) in [6, 6.07) is 9.36. The lowest BCUT2D eigenvalue weighted by atomic mass is 9.72. The van der Waals surface area contributed by atoms with Crippen molar-refractivity contribution in [3.63, 3.8) is 0 Å². The molecule has 0 spiro atoms. The Labute approximate surface area is 176 Å². The van der Waals surface area contributed by atoms with Crippen LogP contribution < -0.4 is 4.90 Å². The Hall–Kier alpha value is -2.16. The van der Waals surface area contributed by atoms with E-state index in [1.54, 1.807) is 0 Å². The van der Waals surface area contributed by atoms with Crippen molar-refractivity contribution in [1.29, 1.82) is 0 Å². The predicted octanol–water partition coefficient (Wildman–Crippen LogP) is 6.53. The van der Waals surface area contributed by atoms with Gasteiger partial charge in [0.2, 0.25) is 0 Å². The van der Waals surface area contributed by atoms with Crippen LogP contribution >= 0.6 is 0 Å². The molecule has 0 saturated heterocycles. The van der Waals surface area contributed by atoms with E-state index in [9.17, 15) is 0 Å². The molecule has 3 aliphatic rings. The number of allylic oxidation sites excluding steroid dienone is 2. The van der Waals surface area contributed by atoms with Crippen LogP contribution in [-0.2, 0) is 0 Å². The Morgan fingerprint density at radius 3 is 2.48 bits per heavy atom. The summed E-state index contributed by atoms with van der Waals surface area (Å²) in [5.74, 6) is 0.575. The zero-order chi connectivity index (χ0) is 21.0. The fourth-order valence-corrected chi connectivity index (χ4v) is 5.35. The average Bonchev–Trinajstić information content (AvgIpc) is 3.01. The predicted molar refractivity (Wildman–Crippen MR) is 125 cm³/mol. The Bertz CT molecular complexity index is 920. The quantitative estimate of drug-likeness (QED) is 0.578. The summed E-state index contributed by atoms with van der Waals surface area (Å²) < 4.78 is 0. The third-order valence-electron chi connectivity index (χ3n) is 6.90. The van der Waals surface area contributed by atoms with Crippen LogP contribution in [0.1, 0.15) is 72.8 Å². The van der Waals surface area contributed by atoms with Gasteiger partial charge in [-0.2, -0.15) is 0 Å². The van der Waals surface area contributed by atoms with Gasteiger partial charge in [-0.3, -0.25) is 9.98 Å². The molecule has 3 heterocycles. The molecule has 0 aromatic heterocycles. The van der Waals surface area contributed by atoms with Crippen LogP contribution in [0.3, 0.4) is 0 Å². The van der Waals surface area contributed by atoms with Crippen LogP contribution in [0.5, 0.6) is 0 Å². The average molecular weight is 390 g/mol. The molecule has 0 fully saturated rings. The maximum Gasteiger partial charge on any atom is 0.116 e. The number of rotatable bonds is 3. The molecule has 1 unspecified atom stereocenters. The van der Waals surface area contributed by atoms with Gasteiger partial charge in [-0.1, -0.05) is 53.7 Å². The van der Waals surface area contributed by atoms with Crippen LogP contribution in [-0.4, -0.2) is 24.5 Å². The van der Waals surface area contributed by atoms with Gasteiger partial charge in [0, 0.05) is 17.9 Å². The second-order valence-corrected chi connectivity index (χ2v) is 10.5. The van der Waals surface area contributed by atoms with Crippen LogP contribution in [0.2, 0.25) is 0 Å². The van der Waals surface area contributed by atoms with E-state index in [-0.39, 0.29) is 16.9 Å². The van der Waals surface area contributed by atoms with Crippen molar-refractivity contribution in [2.75, 3.05) is 11.4 Å². The molecule has 0 amide bonds. The van der Waals surface area contributed by atoms with Gasteiger partial charge in [0.15, 0.2) is 0 Å². The van der Waals surface area contributed by atoms with E-state index in [4.69, 9.17) is 9.98 Å². The molecular weight excluding hydrogens is 354 g/mol. The third kappa shape index (κ3) is 3.49. The largest absolute Gasteiger partial charge is 0.340 e. The smallest absolute Gasteiger partial charge is 0.116 e. The highest BCUT2D eigenvalue weighted by atomic mass is 15.2. The Morgan fingerprint density at radius 2 is 1.86 bits per heavy atom. The van der Waals surface area contributed by atoms with Gasteiger partial charge in [-0.25, -0.2) is 0 Å². The van der Waals surface area contributed by atoms with Crippen LogP contribution in [0.25, 0.3) is 0 Å². The Balaban J connectivity index is 1.71. The van der Waals surface area contributed by atoms with Gasteiger partial charge >= 0.3 is 0 Å². The standard InChI is InChI=1S/C26H35N3/c1-8-20(25(3,4)5)18-9-11-19(12-10-18)29-14-13-26(6,7)23-22(29)16-27-21-15-17(2)28-24(21)23/h9-12,15-16,20,24H,8,13-14H2,1-7H3/t20-,24?/m0/s1. The van der Waals surface area contributed by atoms with Crippen molar-refractivity contribution in [1.82, 2.24) is 0 Å². The molecule has 0 bridgehead atoms. The highest BCUT2D eigenvalue weighted by Crippen LogP contribution is 2.46. The lowest BCUT2D eigenvalue weighted by Crippen LogP contribution is -2.42. The van der Waals surface area contributed by atoms with Gasteiger partial charge in [-0.05, 0) is 65.9 Å². The van der Waals surface area contributed by atoms with E-state index in [1.165, 1.54) is 22.5 Å². The molecule has 4 rings (SSSR count). The number of nitrogens with zero attached hydrogens (tertiary/aromatic N) is 3. The van der Waals surface area contributed by atoms with Crippen LogP contribution in [0.4, 0.5) is 5.69 Å². The van der Waals surface area contributed by atoms with Crippen molar-refractivity contribution in [2.45, 2.75) is 73.3 Å². The fourth-order valence-electron chi connectivity index (χ4n) is 5.35. The minimum Gasteiger partial charge on any atom is -0.340 e. The fraction of sp³-hybridized carbons (Fsp3) is 0.538. The molecule has 0 aliphatic carbocycles. The summed E-state index contributed by atoms with van der Waals surface area (Å²) in [7, 11) is 0. The molecule has 0 N–H and O–H groups in total. The summed E-state index contributed by atoms with van der Waals surface area (Å²) in [6.45, 7) is 17.1. The van der Waals surface area contributed by atoms with E-state index < -0.39 is 0 Å². The molecule has 1 aromatic rings. The normalized spacial score (nSPS) is 24.1. The van der Waals surface area contributed by atoms with Crippen molar-refractivity contribution < 1.29 is 0 Å². The number of hydrogen-bond acceptors (Lipinski definition) is 3. The maximum absolute atomic E-state index is 4.92. The zero-order valence-corrected chi connectivity index (χ0v) is 19.1. The van der Waals surface area contributed by atoms with Crippen molar-refractivity contribution in [2.24, 2.45) is 20.8 Å². The van der Waals surface area contributed by atoms with E-state index in [1.807, 2.05) is 0 Å². The third-order valence-corrected chi connectivity index (χ3v) is 6.90. The van der Waals surface area contributed by atoms with Crippen LogP contribution in [0.15, 0.2) is 57.3 Å². The van der Waals surface area contributed by atoms with Gasteiger partial charge in [0.1, 0.15) is 6.04 Å². The number of hydrogen-bond donors (Lipinski definition) is 0. The molecule has 0 radical (unpaired) electrons. The molecule has 0 saturated carbocycles. The SMILES string of the molecule is CC[C@@H](c1ccc(N2CCC(C)(C)C3=C2C=NC2=CC(C)=NC23)cc1)C(C)(C)C. The molecular formula is C26H35N3. The summed E-state index contributed by atoms with van der Waals surface area (Å²) in [4.78, 5) is 12.2. The van der Waals surface area contributed by atoms with E-state index >= 15 is 0 Å². The minimum atomic E-state index is 0.0948. The molecule has 3 nitrogen and oxygen atoms in total. The first-order chi connectivity index (χ1) is 13.6. The second-order valence-electron chi connectivity index (χ2n) is 10.5. The van der Waals surface area contributed by atoms with E-state index in [0.717, 1.165) is 30.8 Å². The van der Waals surface area contributed by atoms with Crippen LogP contribution in [0, 0.1) is 10.8 Å². The lowest BCUT2D eigenvalue weighted by molar-refractivity contribution is 0.312. The highest BCUT2D eigenvalue weighted by Gasteiger charge is 2.42. The number of fused-ring (bicyclic) bond motifs is 2. The summed E-state index contributed by atoms with van der Waals surface area (Å²) >= 11 is 0.